The standard InChI is InChI=1S/C26H27N3O4/c1-15-11-16(2)23(17(3)12-15)28-26(33)27-21-14-19-8-5-4-7-18(19)13-20(21)24(30)29-10-6-9-22(29)25(31)32/h4-5,7-8,11-14,22H,6,9-10H2,1-3H3,(H,31,32)(H2,27,28,33)/t22-/m0/s1. The van der Waals surface area contributed by atoms with Crippen LogP contribution in [-0.4, -0.2) is 40.5 Å². The zero-order chi connectivity index (χ0) is 23.7. The van der Waals surface area contributed by atoms with Gasteiger partial charge in [-0.1, -0.05) is 42.0 Å². The van der Waals surface area contributed by atoms with Crippen LogP contribution >= 0.6 is 0 Å². The highest BCUT2D eigenvalue weighted by atomic mass is 16.4. The van der Waals surface area contributed by atoms with E-state index in [0.717, 1.165) is 33.2 Å². The Balaban J connectivity index is 1.68. The molecule has 3 aromatic carbocycles. The number of aryl methyl sites for hydroxylation is 3. The Kier molecular flexibility index (Phi) is 6.05. The van der Waals surface area contributed by atoms with E-state index in [1.54, 1.807) is 12.1 Å². The molecule has 1 fully saturated rings. The Hall–Kier alpha value is -3.87. The summed E-state index contributed by atoms with van der Waals surface area (Å²) in [5, 5.41) is 16.9. The van der Waals surface area contributed by atoms with Crippen molar-refractivity contribution in [1.82, 2.24) is 4.90 Å². The summed E-state index contributed by atoms with van der Waals surface area (Å²) in [6.45, 7) is 6.23. The third kappa shape index (κ3) is 4.53. The molecule has 7 heteroatoms. The number of carboxylic acid groups (broad SMARTS) is 1. The molecule has 0 aromatic heterocycles. The number of rotatable bonds is 4. The van der Waals surface area contributed by atoms with Gasteiger partial charge in [0.05, 0.1) is 11.3 Å². The van der Waals surface area contributed by atoms with Gasteiger partial charge in [0.25, 0.3) is 5.91 Å². The largest absolute Gasteiger partial charge is 0.480 e. The molecule has 0 aliphatic carbocycles. The van der Waals surface area contributed by atoms with E-state index in [2.05, 4.69) is 10.6 Å². The topological polar surface area (TPSA) is 98.7 Å². The lowest BCUT2D eigenvalue weighted by Gasteiger charge is -2.23. The van der Waals surface area contributed by atoms with Crippen LogP contribution in [0.3, 0.4) is 0 Å². The van der Waals surface area contributed by atoms with Crippen molar-refractivity contribution in [1.29, 1.82) is 0 Å². The van der Waals surface area contributed by atoms with Crippen LogP contribution in [0.5, 0.6) is 0 Å². The molecule has 1 heterocycles. The SMILES string of the molecule is Cc1cc(C)c(NC(=O)Nc2cc3ccccc3cc2C(=O)N2CCC[C@H]2C(=O)O)c(C)c1. The number of carboxylic acids is 1. The van der Waals surface area contributed by atoms with E-state index >= 15 is 0 Å². The molecule has 7 nitrogen and oxygen atoms in total. The molecule has 0 saturated carbocycles. The van der Waals surface area contributed by atoms with Crippen LogP contribution in [0.25, 0.3) is 10.8 Å². The molecule has 0 radical (unpaired) electrons. The van der Waals surface area contributed by atoms with Crippen LogP contribution in [0.1, 0.15) is 39.9 Å². The summed E-state index contributed by atoms with van der Waals surface area (Å²) < 4.78 is 0. The average molecular weight is 446 g/mol. The molecule has 3 aromatic rings. The Morgan fingerprint density at radius 3 is 2.21 bits per heavy atom. The number of carbonyl (C=O) groups excluding carboxylic acids is 2. The Bertz CT molecular complexity index is 1240. The number of anilines is 2. The molecule has 1 aliphatic rings. The zero-order valence-corrected chi connectivity index (χ0v) is 18.9. The van der Waals surface area contributed by atoms with Crippen molar-refractivity contribution in [2.24, 2.45) is 0 Å². The van der Waals surface area contributed by atoms with Crippen molar-refractivity contribution < 1.29 is 19.5 Å². The van der Waals surface area contributed by atoms with Gasteiger partial charge in [-0.2, -0.15) is 0 Å². The lowest BCUT2D eigenvalue weighted by atomic mass is 10.0. The van der Waals surface area contributed by atoms with Crippen LogP contribution < -0.4 is 10.6 Å². The Morgan fingerprint density at radius 2 is 1.58 bits per heavy atom. The van der Waals surface area contributed by atoms with Gasteiger partial charge in [0.15, 0.2) is 0 Å². The van der Waals surface area contributed by atoms with Gasteiger partial charge in [0.1, 0.15) is 6.04 Å². The second-order valence-corrected chi connectivity index (χ2v) is 8.59. The molecule has 1 aliphatic heterocycles. The quantitative estimate of drug-likeness (QED) is 0.520. The van der Waals surface area contributed by atoms with Gasteiger partial charge >= 0.3 is 12.0 Å². The number of nitrogens with zero attached hydrogens (tertiary/aromatic N) is 1. The number of fused-ring (bicyclic) bond motifs is 1. The summed E-state index contributed by atoms with van der Waals surface area (Å²) in [5.74, 6) is -1.41. The fraction of sp³-hybridized carbons (Fsp3) is 0.269. The fourth-order valence-corrected chi connectivity index (χ4v) is 4.59. The maximum atomic E-state index is 13.4. The van der Waals surface area contributed by atoms with E-state index in [-0.39, 0.29) is 5.56 Å². The van der Waals surface area contributed by atoms with Gasteiger partial charge < -0.3 is 20.6 Å². The Morgan fingerprint density at radius 1 is 0.939 bits per heavy atom. The first-order valence-electron chi connectivity index (χ1n) is 11.0. The highest BCUT2D eigenvalue weighted by Crippen LogP contribution is 2.29. The van der Waals surface area contributed by atoms with Crippen molar-refractivity contribution in [3.8, 4) is 0 Å². The predicted molar refractivity (Wildman–Crippen MR) is 129 cm³/mol. The molecule has 0 unspecified atom stereocenters. The van der Waals surface area contributed by atoms with Crippen LogP contribution in [-0.2, 0) is 4.79 Å². The number of hydrogen-bond acceptors (Lipinski definition) is 3. The van der Waals surface area contributed by atoms with E-state index in [1.165, 1.54) is 4.90 Å². The minimum atomic E-state index is -1.01. The minimum absolute atomic E-state index is 0.273. The summed E-state index contributed by atoms with van der Waals surface area (Å²) in [7, 11) is 0. The van der Waals surface area contributed by atoms with Crippen molar-refractivity contribution >= 4 is 40.1 Å². The summed E-state index contributed by atoms with van der Waals surface area (Å²) in [5.41, 5.74) is 4.33. The fourth-order valence-electron chi connectivity index (χ4n) is 4.59. The summed E-state index contributed by atoms with van der Waals surface area (Å²) in [6, 6.07) is 13.7. The maximum absolute atomic E-state index is 13.4. The number of aliphatic carboxylic acids is 1. The first kappa shape index (κ1) is 22.3. The molecule has 170 valence electrons. The molecule has 3 amide bonds. The Labute approximate surface area is 192 Å². The van der Waals surface area contributed by atoms with E-state index in [4.69, 9.17) is 0 Å². The molecular weight excluding hydrogens is 418 g/mol. The smallest absolute Gasteiger partial charge is 0.326 e. The number of carbonyl (C=O) groups is 3. The molecule has 1 saturated heterocycles. The molecular formula is C26H27N3O4. The molecule has 0 spiro atoms. The number of nitrogens with one attached hydrogen (secondary N) is 2. The predicted octanol–water partition coefficient (Wildman–Crippen LogP) is 5.10. The van der Waals surface area contributed by atoms with Crippen LogP contribution in [0.15, 0.2) is 48.5 Å². The highest BCUT2D eigenvalue weighted by molar-refractivity contribution is 6.10. The van der Waals surface area contributed by atoms with Gasteiger partial charge in [-0.15, -0.1) is 0 Å². The van der Waals surface area contributed by atoms with E-state index in [9.17, 15) is 19.5 Å². The molecule has 33 heavy (non-hydrogen) atoms. The monoisotopic (exact) mass is 445 g/mol. The zero-order valence-electron chi connectivity index (χ0n) is 18.9. The van der Waals surface area contributed by atoms with Crippen LogP contribution in [0.2, 0.25) is 0 Å². The average Bonchev–Trinajstić information content (AvgIpc) is 3.25. The van der Waals surface area contributed by atoms with E-state index in [1.807, 2.05) is 57.2 Å². The van der Waals surface area contributed by atoms with Gasteiger partial charge in [0.2, 0.25) is 0 Å². The third-order valence-electron chi connectivity index (χ3n) is 6.08. The summed E-state index contributed by atoms with van der Waals surface area (Å²) in [6.07, 6.45) is 1.05. The number of hydrogen-bond donors (Lipinski definition) is 3. The van der Waals surface area contributed by atoms with Gasteiger partial charge in [0, 0.05) is 12.2 Å². The number of likely N-dealkylation sites (tertiary alicyclic amines) is 1. The first-order chi connectivity index (χ1) is 15.7. The van der Waals surface area contributed by atoms with Gasteiger partial charge in [-0.05, 0) is 67.6 Å². The first-order valence-corrected chi connectivity index (χ1v) is 11.0. The number of benzene rings is 3. The molecule has 4 rings (SSSR count). The van der Waals surface area contributed by atoms with E-state index in [0.29, 0.717) is 25.1 Å². The molecule has 3 N–H and O–H groups in total. The normalized spacial score (nSPS) is 15.5. The lowest BCUT2D eigenvalue weighted by Crippen LogP contribution is -2.40. The summed E-state index contributed by atoms with van der Waals surface area (Å²) >= 11 is 0. The van der Waals surface area contributed by atoms with Crippen molar-refractivity contribution in [2.75, 3.05) is 17.2 Å². The van der Waals surface area contributed by atoms with E-state index < -0.39 is 23.9 Å². The summed E-state index contributed by atoms with van der Waals surface area (Å²) in [4.78, 5) is 39.4. The van der Waals surface area contributed by atoms with Crippen molar-refractivity contribution in [2.45, 2.75) is 39.7 Å². The second-order valence-electron chi connectivity index (χ2n) is 8.59. The van der Waals surface area contributed by atoms with Crippen LogP contribution in [0.4, 0.5) is 16.2 Å². The minimum Gasteiger partial charge on any atom is -0.480 e. The van der Waals surface area contributed by atoms with Crippen LogP contribution in [0, 0.1) is 20.8 Å². The van der Waals surface area contributed by atoms with Crippen molar-refractivity contribution in [3.63, 3.8) is 0 Å². The van der Waals surface area contributed by atoms with Crippen molar-refractivity contribution in [3.05, 3.63) is 70.8 Å². The maximum Gasteiger partial charge on any atom is 0.326 e. The van der Waals surface area contributed by atoms with Gasteiger partial charge in [-0.3, -0.25) is 4.79 Å². The molecule has 0 bridgehead atoms. The highest BCUT2D eigenvalue weighted by Gasteiger charge is 2.35. The second kappa shape index (κ2) is 8.94. The number of amides is 3. The molecule has 1 atom stereocenters. The number of urea groups is 1. The lowest BCUT2D eigenvalue weighted by molar-refractivity contribution is -0.141. The van der Waals surface area contributed by atoms with Gasteiger partial charge in [-0.25, -0.2) is 9.59 Å². The third-order valence-corrected chi connectivity index (χ3v) is 6.08.